The van der Waals surface area contributed by atoms with Crippen molar-refractivity contribution in [2.45, 2.75) is 31.2 Å². The zero-order valence-electron chi connectivity index (χ0n) is 14.9. The molecular weight excluding hydrogens is 483 g/mol. The number of nitrogens with zero attached hydrogens (tertiary/aromatic N) is 1. The van der Waals surface area contributed by atoms with Crippen LogP contribution in [0.1, 0.15) is 22.2 Å². The summed E-state index contributed by atoms with van der Waals surface area (Å²) in [7, 11) is -1.90. The van der Waals surface area contributed by atoms with Gasteiger partial charge in [-0.25, -0.2) is 13.6 Å². The Morgan fingerprint density at radius 1 is 1.12 bits per heavy atom. The number of halogens is 1. The molecule has 9 heteroatoms. The summed E-state index contributed by atoms with van der Waals surface area (Å²) in [6.07, 6.45) is 1.81. The van der Waals surface area contributed by atoms with E-state index in [1.807, 2.05) is 0 Å². The summed E-state index contributed by atoms with van der Waals surface area (Å²) in [5, 5.41) is 11.6. The molecule has 6 nitrogen and oxygen atoms in total. The molecule has 0 bridgehead atoms. The van der Waals surface area contributed by atoms with Crippen LogP contribution >= 0.6 is 35.3 Å². The van der Waals surface area contributed by atoms with Gasteiger partial charge in [-0.15, -0.1) is 35.3 Å². The van der Waals surface area contributed by atoms with Crippen molar-refractivity contribution in [3.8, 4) is 0 Å². The molecule has 144 valence electrons. The summed E-state index contributed by atoms with van der Waals surface area (Å²) in [4.78, 5) is 6.99. The summed E-state index contributed by atoms with van der Waals surface area (Å²) in [5.41, 5.74) is 1.03. The lowest BCUT2D eigenvalue weighted by Gasteiger charge is -2.11. The van der Waals surface area contributed by atoms with Gasteiger partial charge in [0, 0.05) is 23.3 Å². The highest BCUT2D eigenvalue weighted by molar-refractivity contribution is 14.0. The lowest BCUT2D eigenvalue weighted by atomic mass is 10.1. The van der Waals surface area contributed by atoms with Gasteiger partial charge in [-0.1, -0.05) is 19.1 Å². The first-order valence-corrected chi connectivity index (χ1v) is 10.4. The van der Waals surface area contributed by atoms with Gasteiger partial charge in [-0.05, 0) is 42.7 Å². The van der Waals surface area contributed by atoms with Crippen molar-refractivity contribution in [1.82, 2.24) is 10.6 Å². The predicted octanol–water partition coefficient (Wildman–Crippen LogP) is 2.48. The molecule has 0 aliphatic rings. The van der Waals surface area contributed by atoms with Crippen molar-refractivity contribution in [2.24, 2.45) is 10.1 Å². The molecule has 0 amide bonds. The number of nitrogens with one attached hydrogen (secondary N) is 2. The van der Waals surface area contributed by atoms with E-state index >= 15 is 0 Å². The van der Waals surface area contributed by atoms with E-state index in [0.29, 0.717) is 6.54 Å². The molecule has 0 saturated carbocycles. The summed E-state index contributed by atoms with van der Waals surface area (Å²) < 4.78 is 22.5. The third-order valence-electron chi connectivity index (χ3n) is 3.68. The van der Waals surface area contributed by atoms with E-state index in [1.165, 1.54) is 21.9 Å². The molecule has 2 aromatic rings. The van der Waals surface area contributed by atoms with Gasteiger partial charge in [0.1, 0.15) is 0 Å². The molecule has 0 fully saturated rings. The highest BCUT2D eigenvalue weighted by Crippen LogP contribution is 2.16. The lowest BCUT2D eigenvalue weighted by molar-refractivity contribution is 0.598. The van der Waals surface area contributed by atoms with Crippen LogP contribution < -0.4 is 15.8 Å². The largest absolute Gasteiger partial charge is 0.356 e. The Morgan fingerprint density at radius 3 is 2.31 bits per heavy atom. The third kappa shape index (κ3) is 7.22. The van der Waals surface area contributed by atoms with E-state index in [4.69, 9.17) is 5.14 Å². The van der Waals surface area contributed by atoms with E-state index in [-0.39, 0.29) is 28.9 Å². The molecule has 1 heterocycles. The number of nitrogens with two attached hydrogens (primary N) is 1. The Bertz CT molecular complexity index is 818. The predicted molar refractivity (Wildman–Crippen MR) is 119 cm³/mol. The number of aryl methyl sites for hydroxylation is 1. The van der Waals surface area contributed by atoms with Gasteiger partial charge in [0.15, 0.2) is 5.96 Å². The smallest absolute Gasteiger partial charge is 0.238 e. The molecule has 0 atom stereocenters. The van der Waals surface area contributed by atoms with Crippen molar-refractivity contribution < 1.29 is 8.42 Å². The number of thiophene rings is 1. The topological polar surface area (TPSA) is 96.6 Å². The minimum absolute atomic E-state index is 0. The van der Waals surface area contributed by atoms with E-state index in [1.54, 1.807) is 30.5 Å². The van der Waals surface area contributed by atoms with E-state index in [9.17, 15) is 8.42 Å². The first-order valence-electron chi connectivity index (χ1n) is 8.06. The molecule has 0 aliphatic heterocycles. The van der Waals surface area contributed by atoms with Gasteiger partial charge in [0.05, 0.1) is 11.4 Å². The number of aliphatic imine (C=N–C) groups is 1. The maximum absolute atomic E-state index is 11.2. The molecule has 1 aromatic heterocycles. The van der Waals surface area contributed by atoms with Crippen LogP contribution in [0.25, 0.3) is 0 Å². The van der Waals surface area contributed by atoms with E-state index in [2.05, 4.69) is 34.7 Å². The normalized spacial score (nSPS) is 11.7. The zero-order valence-corrected chi connectivity index (χ0v) is 18.8. The van der Waals surface area contributed by atoms with Crippen molar-refractivity contribution in [1.29, 1.82) is 0 Å². The standard InChI is InChI=1S/C17H24N4O2S2.HI/c1-3-14-6-7-15(24-14)12-21-17(19-2)20-11-10-13-4-8-16(9-5-13)25(18,22)23;/h4-9H,3,10-12H2,1-2H3,(H2,18,22,23)(H2,19,20,21);1H. The SMILES string of the molecule is CCc1ccc(CNC(=NC)NCCc2ccc(S(N)(=O)=O)cc2)s1.I. The Morgan fingerprint density at radius 2 is 1.77 bits per heavy atom. The molecule has 0 spiro atoms. The van der Waals surface area contributed by atoms with E-state index in [0.717, 1.165) is 30.9 Å². The van der Waals surface area contributed by atoms with Crippen LogP contribution in [0, 0.1) is 0 Å². The van der Waals surface area contributed by atoms with Gasteiger partial charge in [-0.2, -0.15) is 0 Å². The Balaban J connectivity index is 0.00000338. The minimum atomic E-state index is -3.64. The summed E-state index contributed by atoms with van der Waals surface area (Å²) in [5.74, 6) is 0.743. The average molecular weight is 508 g/mol. The molecule has 0 aliphatic carbocycles. The second kappa shape index (κ2) is 10.9. The van der Waals surface area contributed by atoms with Gasteiger partial charge < -0.3 is 10.6 Å². The third-order valence-corrected chi connectivity index (χ3v) is 5.84. The Labute approximate surface area is 176 Å². The Kier molecular flexibility index (Phi) is 9.55. The van der Waals surface area contributed by atoms with E-state index < -0.39 is 10.0 Å². The molecule has 0 unspecified atom stereocenters. The summed E-state index contributed by atoms with van der Waals surface area (Å²) >= 11 is 1.80. The van der Waals surface area contributed by atoms with Crippen LogP contribution in [0.2, 0.25) is 0 Å². The fraction of sp³-hybridized carbons (Fsp3) is 0.353. The monoisotopic (exact) mass is 508 g/mol. The molecule has 2 rings (SSSR count). The molecule has 1 aromatic carbocycles. The van der Waals surface area contributed by atoms with Crippen LogP contribution in [0.3, 0.4) is 0 Å². The molecule has 4 N–H and O–H groups in total. The van der Waals surface area contributed by atoms with Gasteiger partial charge in [0.25, 0.3) is 0 Å². The quantitative estimate of drug-likeness (QED) is 0.304. The van der Waals surface area contributed by atoms with Crippen molar-refractivity contribution in [3.05, 3.63) is 51.7 Å². The number of rotatable bonds is 7. The number of sulfonamides is 1. The molecule has 0 radical (unpaired) electrons. The van der Waals surface area contributed by atoms with Crippen molar-refractivity contribution >= 4 is 51.3 Å². The van der Waals surface area contributed by atoms with Crippen LogP contribution in [-0.2, 0) is 29.4 Å². The van der Waals surface area contributed by atoms with Crippen LogP contribution in [0.5, 0.6) is 0 Å². The molecule has 0 saturated heterocycles. The highest BCUT2D eigenvalue weighted by atomic mass is 127. The minimum Gasteiger partial charge on any atom is -0.356 e. The maximum atomic E-state index is 11.2. The average Bonchev–Trinajstić information content (AvgIpc) is 3.05. The zero-order chi connectivity index (χ0) is 18.3. The number of primary sulfonamides is 1. The Hall–Kier alpha value is -1.17. The highest BCUT2D eigenvalue weighted by Gasteiger charge is 2.07. The second-order valence-corrected chi connectivity index (χ2v) is 8.33. The maximum Gasteiger partial charge on any atom is 0.238 e. The fourth-order valence-corrected chi connectivity index (χ4v) is 3.68. The first kappa shape index (κ1) is 22.9. The number of hydrogen-bond acceptors (Lipinski definition) is 4. The van der Waals surface area contributed by atoms with Gasteiger partial charge in [0.2, 0.25) is 10.0 Å². The van der Waals surface area contributed by atoms with Gasteiger partial charge in [-0.3, -0.25) is 4.99 Å². The number of hydrogen-bond donors (Lipinski definition) is 3. The van der Waals surface area contributed by atoms with Crippen molar-refractivity contribution in [2.75, 3.05) is 13.6 Å². The molecule has 26 heavy (non-hydrogen) atoms. The van der Waals surface area contributed by atoms with Crippen LogP contribution in [0.4, 0.5) is 0 Å². The summed E-state index contributed by atoms with van der Waals surface area (Å²) in [6.45, 7) is 3.59. The second-order valence-electron chi connectivity index (χ2n) is 5.51. The first-order chi connectivity index (χ1) is 11.9. The summed E-state index contributed by atoms with van der Waals surface area (Å²) in [6, 6.07) is 10.9. The lowest BCUT2D eigenvalue weighted by Crippen LogP contribution is -2.37. The van der Waals surface area contributed by atoms with Crippen LogP contribution in [0.15, 0.2) is 46.3 Å². The molecular formula is C17H25IN4O2S2. The fourth-order valence-electron chi connectivity index (χ4n) is 2.27. The van der Waals surface area contributed by atoms with Crippen molar-refractivity contribution in [3.63, 3.8) is 0 Å². The van der Waals surface area contributed by atoms with Gasteiger partial charge >= 0.3 is 0 Å². The number of benzene rings is 1. The number of guanidine groups is 1. The van der Waals surface area contributed by atoms with Crippen LogP contribution in [-0.4, -0.2) is 28.0 Å².